The van der Waals surface area contributed by atoms with E-state index in [2.05, 4.69) is 45.7 Å². The van der Waals surface area contributed by atoms with E-state index in [9.17, 15) is 4.79 Å². The Balaban J connectivity index is 1.54. The fourth-order valence-electron chi connectivity index (χ4n) is 4.29. The van der Waals surface area contributed by atoms with Crippen molar-refractivity contribution in [1.29, 1.82) is 0 Å². The van der Waals surface area contributed by atoms with Gasteiger partial charge in [0, 0.05) is 24.3 Å². The predicted molar refractivity (Wildman–Crippen MR) is 130 cm³/mol. The number of para-hydroxylation sites is 2. The van der Waals surface area contributed by atoms with Crippen LogP contribution in [0.4, 0.5) is 5.69 Å². The maximum Gasteiger partial charge on any atom is 0.245 e. The average Bonchev–Trinajstić information content (AvgIpc) is 3.37. The van der Waals surface area contributed by atoms with Gasteiger partial charge < -0.3 is 15.0 Å². The summed E-state index contributed by atoms with van der Waals surface area (Å²) in [6.45, 7) is 1.62. The van der Waals surface area contributed by atoms with Crippen LogP contribution >= 0.6 is 0 Å². The molecule has 1 aliphatic heterocycles. The van der Waals surface area contributed by atoms with Crippen LogP contribution < -0.4 is 10.1 Å². The molecule has 0 unspecified atom stereocenters. The molecule has 1 N–H and O–H groups in total. The zero-order valence-corrected chi connectivity index (χ0v) is 18.9. The summed E-state index contributed by atoms with van der Waals surface area (Å²) in [6.07, 6.45) is 3.70. The van der Waals surface area contributed by atoms with Gasteiger partial charge in [-0.15, -0.1) is 0 Å². The molecule has 34 heavy (non-hydrogen) atoms. The van der Waals surface area contributed by atoms with E-state index in [0.717, 1.165) is 28.1 Å². The first-order valence-electron chi connectivity index (χ1n) is 11.4. The normalized spacial score (nSPS) is 15.8. The van der Waals surface area contributed by atoms with Crippen molar-refractivity contribution in [3.63, 3.8) is 0 Å². The third kappa shape index (κ3) is 5.09. The Labute approximate surface area is 199 Å². The number of hydrogen-bond acceptors (Lipinski definition) is 5. The highest BCUT2D eigenvalue weighted by atomic mass is 16.5. The fraction of sp³-hybridized carbons (Fsp3) is 0.222. The quantitative estimate of drug-likeness (QED) is 0.507. The Morgan fingerprint density at radius 2 is 1.74 bits per heavy atom. The Hall–Kier alpha value is -4.13. The number of nitrogens with zero attached hydrogens (tertiary/aromatic N) is 4. The first-order chi connectivity index (χ1) is 16.8. The molecule has 172 valence electrons. The third-order valence-corrected chi connectivity index (χ3v) is 6.07. The van der Waals surface area contributed by atoms with E-state index in [1.807, 2.05) is 53.4 Å². The van der Waals surface area contributed by atoms with E-state index in [-0.39, 0.29) is 18.5 Å². The van der Waals surface area contributed by atoms with Gasteiger partial charge in [0.15, 0.2) is 0 Å². The van der Waals surface area contributed by atoms with Gasteiger partial charge in [-0.1, -0.05) is 66.7 Å². The summed E-state index contributed by atoms with van der Waals surface area (Å²) in [4.78, 5) is 19.5. The van der Waals surface area contributed by atoms with Crippen molar-refractivity contribution >= 4 is 11.6 Å². The number of carbonyl (C=O) groups excluding carboxylic acids is 1. The summed E-state index contributed by atoms with van der Waals surface area (Å²) in [6, 6.07) is 26.3. The Kier molecular flexibility index (Phi) is 6.52. The average molecular weight is 454 g/mol. The number of carbonyl (C=O) groups is 1. The zero-order valence-electron chi connectivity index (χ0n) is 18.9. The number of nitrogens with one attached hydrogen (secondary N) is 1. The molecule has 1 aliphatic rings. The van der Waals surface area contributed by atoms with E-state index in [1.165, 1.54) is 6.33 Å². The number of aromatic nitrogens is 3. The minimum atomic E-state index is -0.169. The van der Waals surface area contributed by atoms with Gasteiger partial charge in [0.1, 0.15) is 31.6 Å². The molecule has 0 saturated carbocycles. The lowest BCUT2D eigenvalue weighted by Crippen LogP contribution is -2.46. The minimum absolute atomic E-state index is 0.0302. The lowest BCUT2D eigenvalue weighted by atomic mass is 10.0. The Bertz CT molecular complexity index is 1230. The van der Waals surface area contributed by atoms with Crippen LogP contribution in [0.15, 0.2) is 91.5 Å². The number of amides is 1. The van der Waals surface area contributed by atoms with Crippen molar-refractivity contribution in [3.8, 4) is 5.75 Å². The highest BCUT2D eigenvalue weighted by Crippen LogP contribution is 2.26. The molecule has 0 saturated heterocycles. The second kappa shape index (κ2) is 10.2. The monoisotopic (exact) mass is 453 g/mol. The summed E-state index contributed by atoms with van der Waals surface area (Å²) in [7, 11) is 0. The third-order valence-electron chi connectivity index (χ3n) is 6.07. The molecular weight excluding hydrogens is 426 g/mol. The van der Waals surface area contributed by atoms with Crippen LogP contribution in [-0.4, -0.2) is 38.2 Å². The first-order valence-corrected chi connectivity index (χ1v) is 11.4. The molecule has 7 nitrogen and oxygen atoms in total. The molecule has 1 amide bonds. The predicted octanol–water partition coefficient (Wildman–Crippen LogP) is 3.92. The zero-order chi connectivity index (χ0) is 23.2. The number of fused-ring (bicyclic) bond motifs is 2. The smallest absolute Gasteiger partial charge is 0.245 e. The van der Waals surface area contributed by atoms with E-state index in [0.29, 0.717) is 26.1 Å². The highest BCUT2D eigenvalue weighted by molar-refractivity contribution is 5.76. The molecule has 0 aliphatic carbocycles. The lowest BCUT2D eigenvalue weighted by Gasteiger charge is -2.32. The van der Waals surface area contributed by atoms with Crippen molar-refractivity contribution in [2.45, 2.75) is 32.1 Å². The molecule has 0 spiro atoms. The van der Waals surface area contributed by atoms with Gasteiger partial charge in [0.2, 0.25) is 5.91 Å². The molecule has 4 aromatic rings. The molecule has 0 bridgehead atoms. The van der Waals surface area contributed by atoms with Crippen LogP contribution in [-0.2, 0) is 30.8 Å². The van der Waals surface area contributed by atoms with Gasteiger partial charge >= 0.3 is 0 Å². The van der Waals surface area contributed by atoms with Crippen LogP contribution in [0.2, 0.25) is 0 Å². The SMILES string of the molecule is O=C(Cn1cncn1)N1Cc2ccccc2NCc2ccccc2OC[C@@H]1Cc1ccccc1. The second-order valence-electron chi connectivity index (χ2n) is 8.39. The first kappa shape index (κ1) is 21.7. The standard InChI is InChI=1S/C27H27N5O2/c33-27(17-31-20-28-19-30-31)32-16-23-11-4-6-12-25(23)29-15-22-10-5-7-13-26(22)34-18-24(32)14-21-8-2-1-3-9-21/h1-13,19-20,24,29H,14-18H2/t24-/m0/s1. The Morgan fingerprint density at radius 1 is 0.971 bits per heavy atom. The van der Waals surface area contributed by atoms with E-state index in [1.54, 1.807) is 11.0 Å². The van der Waals surface area contributed by atoms with Gasteiger partial charge in [0.25, 0.3) is 0 Å². The van der Waals surface area contributed by atoms with Gasteiger partial charge in [-0.25, -0.2) is 9.67 Å². The molecule has 5 rings (SSSR count). The second-order valence-corrected chi connectivity index (χ2v) is 8.39. The van der Waals surface area contributed by atoms with Gasteiger partial charge in [0.05, 0.1) is 6.04 Å². The summed E-state index contributed by atoms with van der Waals surface area (Å²) < 4.78 is 7.91. The number of hydrogen-bond donors (Lipinski definition) is 1. The largest absolute Gasteiger partial charge is 0.491 e. The van der Waals surface area contributed by atoms with Crippen LogP contribution in [0.1, 0.15) is 16.7 Å². The lowest BCUT2D eigenvalue weighted by molar-refractivity contribution is -0.135. The molecule has 3 aromatic carbocycles. The molecule has 7 heteroatoms. The number of anilines is 1. The highest BCUT2D eigenvalue weighted by Gasteiger charge is 2.27. The Morgan fingerprint density at radius 3 is 2.56 bits per heavy atom. The molecular formula is C27H27N5O2. The summed E-state index contributed by atoms with van der Waals surface area (Å²) in [5.41, 5.74) is 4.31. The molecule has 2 heterocycles. The van der Waals surface area contributed by atoms with Crippen molar-refractivity contribution in [1.82, 2.24) is 19.7 Å². The number of benzene rings is 3. The van der Waals surface area contributed by atoms with Crippen LogP contribution in [0.5, 0.6) is 5.75 Å². The van der Waals surface area contributed by atoms with E-state index >= 15 is 0 Å². The summed E-state index contributed by atoms with van der Waals surface area (Å²) in [5.74, 6) is 0.800. The number of ether oxygens (including phenoxy) is 1. The van der Waals surface area contributed by atoms with Crippen LogP contribution in [0.3, 0.4) is 0 Å². The van der Waals surface area contributed by atoms with Gasteiger partial charge in [-0.3, -0.25) is 4.79 Å². The van der Waals surface area contributed by atoms with Crippen molar-refractivity contribution in [2.24, 2.45) is 0 Å². The van der Waals surface area contributed by atoms with E-state index < -0.39 is 0 Å². The maximum absolute atomic E-state index is 13.6. The fourth-order valence-corrected chi connectivity index (χ4v) is 4.29. The number of rotatable bonds is 4. The van der Waals surface area contributed by atoms with Gasteiger partial charge in [-0.2, -0.15) is 5.10 Å². The van der Waals surface area contributed by atoms with Crippen molar-refractivity contribution in [2.75, 3.05) is 11.9 Å². The van der Waals surface area contributed by atoms with Crippen molar-refractivity contribution < 1.29 is 9.53 Å². The molecule has 0 fully saturated rings. The minimum Gasteiger partial charge on any atom is -0.491 e. The summed E-state index contributed by atoms with van der Waals surface area (Å²) >= 11 is 0. The molecule has 1 aromatic heterocycles. The maximum atomic E-state index is 13.6. The van der Waals surface area contributed by atoms with Gasteiger partial charge in [-0.05, 0) is 29.7 Å². The molecule has 1 atom stereocenters. The van der Waals surface area contributed by atoms with E-state index in [4.69, 9.17) is 4.74 Å². The van der Waals surface area contributed by atoms with Crippen LogP contribution in [0, 0.1) is 0 Å². The van der Waals surface area contributed by atoms with Crippen LogP contribution in [0.25, 0.3) is 0 Å². The summed E-state index contributed by atoms with van der Waals surface area (Å²) in [5, 5.41) is 7.68. The molecule has 0 radical (unpaired) electrons. The topological polar surface area (TPSA) is 72.3 Å². The van der Waals surface area contributed by atoms with Crippen molar-refractivity contribution in [3.05, 3.63) is 108 Å².